The minimum Gasteiger partial charge on any atom is -0.371 e. The predicted octanol–water partition coefficient (Wildman–Crippen LogP) is 2.58. The fraction of sp³-hybridized carbons (Fsp3) is 0.733. The van der Waals surface area contributed by atoms with Crippen molar-refractivity contribution in [1.29, 1.82) is 0 Å². The first-order valence-electron chi connectivity index (χ1n) is 7.57. The summed E-state index contributed by atoms with van der Waals surface area (Å²) in [5.74, 6) is 0.832. The quantitative estimate of drug-likeness (QED) is 0.820. The minimum atomic E-state index is 0.00228. The van der Waals surface area contributed by atoms with Crippen LogP contribution in [0.3, 0.4) is 0 Å². The van der Waals surface area contributed by atoms with Crippen molar-refractivity contribution in [3.8, 4) is 0 Å². The van der Waals surface area contributed by atoms with Crippen LogP contribution in [0.15, 0.2) is 17.1 Å². The number of hydrogen-bond acceptors (Lipinski definition) is 4. The normalized spacial score (nSPS) is 17.4. The van der Waals surface area contributed by atoms with Gasteiger partial charge in [-0.25, -0.2) is 4.68 Å². The van der Waals surface area contributed by atoms with Gasteiger partial charge in [0.25, 0.3) is 5.56 Å². The zero-order valence-corrected chi connectivity index (χ0v) is 13.4. The first-order valence-corrected chi connectivity index (χ1v) is 8.20. The fourth-order valence-electron chi connectivity index (χ4n) is 3.11. The second-order valence-electron chi connectivity index (χ2n) is 5.75. The smallest absolute Gasteiger partial charge is 0.268 e. The third-order valence-corrected chi connectivity index (χ3v) is 5.14. The van der Waals surface area contributed by atoms with E-state index in [4.69, 9.17) is 0 Å². The number of thiol groups is 1. The molecule has 0 saturated heterocycles. The van der Waals surface area contributed by atoms with Crippen LogP contribution in [0.2, 0.25) is 0 Å². The van der Waals surface area contributed by atoms with E-state index >= 15 is 0 Å². The fourth-order valence-corrected chi connectivity index (χ4v) is 3.53. The number of rotatable bonds is 6. The SMILES string of the molecule is CCN(CC)c1cnn(CC2(CS)CCCC2)c(=O)c1. The third-order valence-electron chi connectivity index (χ3n) is 4.47. The van der Waals surface area contributed by atoms with Crippen LogP contribution in [0, 0.1) is 5.41 Å². The van der Waals surface area contributed by atoms with Gasteiger partial charge in [-0.1, -0.05) is 12.8 Å². The van der Waals surface area contributed by atoms with Gasteiger partial charge in [0.15, 0.2) is 0 Å². The molecule has 0 aromatic carbocycles. The van der Waals surface area contributed by atoms with Crippen LogP contribution in [0.5, 0.6) is 0 Å². The molecule has 1 aliphatic carbocycles. The van der Waals surface area contributed by atoms with Crippen LogP contribution < -0.4 is 10.5 Å². The van der Waals surface area contributed by atoms with Crippen LogP contribution in [0.25, 0.3) is 0 Å². The predicted molar refractivity (Wildman–Crippen MR) is 86.8 cm³/mol. The second kappa shape index (κ2) is 6.66. The summed E-state index contributed by atoms with van der Waals surface area (Å²) in [6.07, 6.45) is 6.61. The molecule has 1 aromatic heterocycles. The minimum absolute atomic E-state index is 0.00228. The van der Waals surface area contributed by atoms with Crippen molar-refractivity contribution in [3.05, 3.63) is 22.6 Å². The van der Waals surface area contributed by atoms with Crippen molar-refractivity contribution in [3.63, 3.8) is 0 Å². The van der Waals surface area contributed by atoms with Crippen LogP contribution in [0.4, 0.5) is 5.69 Å². The summed E-state index contributed by atoms with van der Waals surface area (Å²) in [7, 11) is 0. The molecule has 0 spiro atoms. The average Bonchev–Trinajstić information content (AvgIpc) is 2.92. The third kappa shape index (κ3) is 3.19. The molecule has 0 N–H and O–H groups in total. The van der Waals surface area contributed by atoms with E-state index in [9.17, 15) is 4.79 Å². The Morgan fingerprint density at radius 1 is 1.35 bits per heavy atom. The second-order valence-corrected chi connectivity index (χ2v) is 6.06. The largest absolute Gasteiger partial charge is 0.371 e. The highest BCUT2D eigenvalue weighted by molar-refractivity contribution is 7.80. The topological polar surface area (TPSA) is 38.1 Å². The molecule has 1 heterocycles. The van der Waals surface area contributed by atoms with Gasteiger partial charge in [-0.05, 0) is 37.9 Å². The Morgan fingerprint density at radius 3 is 2.50 bits per heavy atom. The molecular weight excluding hydrogens is 270 g/mol. The zero-order valence-electron chi connectivity index (χ0n) is 12.5. The van der Waals surface area contributed by atoms with Crippen molar-refractivity contribution in [2.75, 3.05) is 23.7 Å². The first kappa shape index (κ1) is 15.4. The summed E-state index contributed by atoms with van der Waals surface area (Å²) in [5.41, 5.74) is 1.08. The monoisotopic (exact) mass is 295 g/mol. The van der Waals surface area contributed by atoms with Gasteiger partial charge in [0, 0.05) is 19.2 Å². The highest BCUT2D eigenvalue weighted by Gasteiger charge is 2.33. The number of hydrogen-bond donors (Lipinski definition) is 1. The Hall–Kier alpha value is -0.970. The summed E-state index contributed by atoms with van der Waals surface area (Å²) in [6.45, 7) is 6.66. The van der Waals surface area contributed by atoms with Crippen LogP contribution in [-0.4, -0.2) is 28.6 Å². The molecule has 1 aromatic rings. The highest BCUT2D eigenvalue weighted by atomic mass is 32.1. The van der Waals surface area contributed by atoms with Gasteiger partial charge in [0.2, 0.25) is 0 Å². The lowest BCUT2D eigenvalue weighted by atomic mass is 9.88. The van der Waals surface area contributed by atoms with Crippen LogP contribution in [0.1, 0.15) is 39.5 Å². The van der Waals surface area contributed by atoms with E-state index in [0.29, 0.717) is 6.54 Å². The molecule has 0 aliphatic heterocycles. The molecule has 4 nitrogen and oxygen atoms in total. The Morgan fingerprint density at radius 2 is 2.00 bits per heavy atom. The van der Waals surface area contributed by atoms with Crippen molar-refractivity contribution < 1.29 is 0 Å². The molecule has 0 unspecified atom stereocenters. The Kier molecular flexibility index (Phi) is 5.13. The van der Waals surface area contributed by atoms with E-state index < -0.39 is 0 Å². The summed E-state index contributed by atoms with van der Waals surface area (Å²) in [5, 5.41) is 4.38. The molecule has 20 heavy (non-hydrogen) atoms. The van der Waals surface area contributed by atoms with Crippen molar-refractivity contribution in [2.24, 2.45) is 5.41 Å². The maximum absolute atomic E-state index is 12.3. The zero-order chi connectivity index (χ0) is 14.6. The summed E-state index contributed by atoms with van der Waals surface area (Å²) < 4.78 is 1.62. The van der Waals surface area contributed by atoms with Gasteiger partial charge in [0.05, 0.1) is 18.4 Å². The molecule has 0 amide bonds. The summed E-state index contributed by atoms with van der Waals surface area (Å²) in [4.78, 5) is 14.4. The van der Waals surface area contributed by atoms with E-state index in [1.54, 1.807) is 10.7 Å². The lowest BCUT2D eigenvalue weighted by Crippen LogP contribution is -2.34. The molecular formula is C15H25N3OS. The molecule has 0 radical (unpaired) electrons. The van der Waals surface area contributed by atoms with Crippen LogP contribution in [-0.2, 0) is 6.54 Å². The van der Waals surface area contributed by atoms with Gasteiger partial charge >= 0.3 is 0 Å². The Labute approximate surface area is 126 Å². The molecule has 1 fully saturated rings. The lowest BCUT2D eigenvalue weighted by Gasteiger charge is -2.27. The average molecular weight is 295 g/mol. The molecule has 112 valence electrons. The maximum Gasteiger partial charge on any atom is 0.268 e. The number of nitrogens with zero attached hydrogens (tertiary/aromatic N) is 3. The van der Waals surface area contributed by atoms with Gasteiger partial charge in [-0.2, -0.15) is 17.7 Å². The maximum atomic E-state index is 12.3. The molecule has 1 aliphatic rings. The first-order chi connectivity index (χ1) is 9.64. The molecule has 2 rings (SSSR count). The van der Waals surface area contributed by atoms with E-state index in [1.807, 2.05) is 6.20 Å². The van der Waals surface area contributed by atoms with Gasteiger partial charge in [-0.3, -0.25) is 4.79 Å². The molecule has 0 bridgehead atoms. The highest BCUT2D eigenvalue weighted by Crippen LogP contribution is 2.40. The Bertz CT molecular complexity index is 490. The number of aromatic nitrogens is 2. The summed E-state index contributed by atoms with van der Waals surface area (Å²) >= 11 is 4.50. The molecule has 1 saturated carbocycles. The Balaban J connectivity index is 2.20. The van der Waals surface area contributed by atoms with Crippen molar-refractivity contribution in [1.82, 2.24) is 9.78 Å². The number of anilines is 1. The van der Waals surface area contributed by atoms with Gasteiger partial charge in [0.1, 0.15) is 0 Å². The standard InChI is InChI=1S/C15H25N3OS/c1-3-17(4-2)13-9-14(19)18(16-10-13)11-15(12-20)7-5-6-8-15/h9-10,20H,3-8,11-12H2,1-2H3. The summed E-state index contributed by atoms with van der Waals surface area (Å²) in [6, 6.07) is 1.71. The van der Waals surface area contributed by atoms with Gasteiger partial charge < -0.3 is 4.90 Å². The van der Waals surface area contributed by atoms with Crippen LogP contribution >= 0.6 is 12.6 Å². The van der Waals surface area contributed by atoms with Gasteiger partial charge in [-0.15, -0.1) is 0 Å². The van der Waals surface area contributed by atoms with Crippen molar-refractivity contribution in [2.45, 2.75) is 46.1 Å². The molecule has 5 heteroatoms. The molecule has 0 atom stereocenters. The van der Waals surface area contributed by atoms with E-state index in [2.05, 4.69) is 36.5 Å². The van der Waals surface area contributed by atoms with E-state index in [-0.39, 0.29) is 11.0 Å². The van der Waals surface area contributed by atoms with Crippen molar-refractivity contribution >= 4 is 18.3 Å². The lowest BCUT2D eigenvalue weighted by molar-refractivity contribution is 0.270. The van der Waals surface area contributed by atoms with E-state index in [0.717, 1.165) is 37.4 Å². The van der Waals surface area contributed by atoms with E-state index in [1.165, 1.54) is 12.8 Å².